The number of aliphatic hydroxyl groups excluding tert-OH is 11. The van der Waals surface area contributed by atoms with E-state index in [1.54, 1.807) is 12.1 Å². The molecule has 434 valence electrons. The van der Waals surface area contributed by atoms with Crippen molar-refractivity contribution in [2.24, 2.45) is 33.8 Å². The van der Waals surface area contributed by atoms with Crippen LogP contribution in [0, 0.1) is 28.1 Å². The SMILES string of the molecule is C=C1C[C@@]23CC[C@H]4[C@@](C)(CCC[C@@]4(C)C(=O)O[C@@H]4O[C@H](CO)[C@@H](O)[C@H](O)[C@H]4O)[C@@H]2CC[C@]1(O[C@@H]1O[C@H](CO)[C@@H](O)[C@H](O)[C@H]1O[C@@H]1O[C@H](CO)[C@@H](O)[C@H](O)[C@H]1O)C3.COC(=O)[C@H](Cc1ccccc1)NC(=O)[C@@H](N)CC(=O)O. The first kappa shape index (κ1) is 60.8. The van der Waals surface area contributed by atoms with E-state index in [1.807, 2.05) is 25.1 Å². The summed E-state index contributed by atoms with van der Waals surface area (Å²) < 4.78 is 40.2. The number of carbonyl (C=O) groups excluding carboxylic acids is 3. The van der Waals surface area contributed by atoms with Crippen LogP contribution in [0.15, 0.2) is 42.5 Å². The quantitative estimate of drug-likeness (QED) is 0.0439. The predicted octanol–water partition coefficient (Wildman–Crippen LogP) is -3.25. The molecule has 1 amide bonds. The third-order valence-electron chi connectivity index (χ3n) is 17.8. The molecular weight excluding hydrogens is 1020 g/mol. The molecule has 1 spiro atoms. The zero-order valence-electron chi connectivity index (χ0n) is 43.4. The monoisotopic (exact) mass is 1100 g/mol. The zero-order valence-corrected chi connectivity index (χ0v) is 43.4. The van der Waals surface area contributed by atoms with E-state index < -0.39 is 165 Å². The average Bonchev–Trinajstić information content (AvgIpc) is 3.81. The number of benzene rings is 1. The summed E-state index contributed by atoms with van der Waals surface area (Å²) >= 11 is 0. The Labute approximate surface area is 444 Å². The number of carbonyl (C=O) groups is 4. The van der Waals surface area contributed by atoms with Crippen molar-refractivity contribution in [1.29, 1.82) is 0 Å². The minimum absolute atomic E-state index is 0.121. The number of nitrogens with two attached hydrogens (primary N) is 1. The Morgan fingerprint density at radius 1 is 0.740 bits per heavy atom. The first-order valence-electron chi connectivity index (χ1n) is 26.2. The van der Waals surface area contributed by atoms with Gasteiger partial charge >= 0.3 is 17.9 Å². The molecule has 0 radical (unpaired) electrons. The van der Waals surface area contributed by atoms with E-state index >= 15 is 0 Å². The lowest BCUT2D eigenvalue weighted by molar-refractivity contribution is -0.378. The van der Waals surface area contributed by atoms with Crippen LogP contribution >= 0.6 is 0 Å². The van der Waals surface area contributed by atoms with Gasteiger partial charge in [-0.05, 0) is 92.1 Å². The van der Waals surface area contributed by atoms with Gasteiger partial charge in [0, 0.05) is 6.42 Å². The lowest BCUT2D eigenvalue weighted by Gasteiger charge is -2.64. The van der Waals surface area contributed by atoms with Gasteiger partial charge in [-0.1, -0.05) is 50.3 Å². The summed E-state index contributed by atoms with van der Waals surface area (Å²) in [7, 11) is 1.21. The van der Waals surface area contributed by atoms with Gasteiger partial charge < -0.3 is 105 Å². The summed E-state index contributed by atoms with van der Waals surface area (Å²) in [6, 6.07) is 6.93. The number of methoxy groups -OCH3 is 1. The van der Waals surface area contributed by atoms with Gasteiger partial charge in [0.25, 0.3) is 0 Å². The number of rotatable bonds is 16. The number of nitrogens with one attached hydrogen (secondary N) is 1. The summed E-state index contributed by atoms with van der Waals surface area (Å²) in [5.41, 5.74) is 4.49. The van der Waals surface area contributed by atoms with Crippen molar-refractivity contribution in [3.63, 3.8) is 0 Å². The van der Waals surface area contributed by atoms with Gasteiger partial charge in [0.05, 0.1) is 50.4 Å². The minimum Gasteiger partial charge on any atom is -0.481 e. The number of amides is 1. The van der Waals surface area contributed by atoms with Crippen LogP contribution < -0.4 is 11.1 Å². The maximum absolute atomic E-state index is 14.1. The van der Waals surface area contributed by atoms with E-state index in [9.17, 15) is 75.3 Å². The van der Waals surface area contributed by atoms with Gasteiger partial charge in [0.15, 0.2) is 12.6 Å². The highest BCUT2D eigenvalue weighted by Crippen LogP contribution is 2.73. The molecule has 4 saturated carbocycles. The number of aliphatic hydroxyl groups is 11. The molecule has 0 unspecified atom stereocenters. The topological polar surface area (TPSA) is 414 Å². The van der Waals surface area contributed by atoms with Crippen molar-refractivity contribution in [2.75, 3.05) is 26.9 Å². The van der Waals surface area contributed by atoms with Gasteiger partial charge in [-0.2, -0.15) is 0 Å². The van der Waals surface area contributed by atoms with Crippen LogP contribution in [-0.4, -0.2) is 222 Å². The summed E-state index contributed by atoms with van der Waals surface area (Å²) in [5, 5.41) is 125. The number of carboxylic acids is 1. The van der Waals surface area contributed by atoms with Crippen LogP contribution in [0.4, 0.5) is 0 Å². The molecule has 1 aromatic rings. The van der Waals surface area contributed by atoms with Crippen molar-refractivity contribution in [3.05, 3.63) is 48.0 Å². The molecule has 3 heterocycles. The zero-order chi connectivity index (χ0) is 56.5. The maximum atomic E-state index is 14.1. The van der Waals surface area contributed by atoms with E-state index in [4.69, 9.17) is 39.3 Å². The lowest BCUT2D eigenvalue weighted by atomic mass is 9.41. The van der Waals surface area contributed by atoms with Gasteiger partial charge in [0.1, 0.15) is 79.3 Å². The van der Waals surface area contributed by atoms with Crippen LogP contribution in [0.5, 0.6) is 0 Å². The number of ether oxygens (including phenoxy) is 7. The van der Waals surface area contributed by atoms with Crippen LogP contribution in [0.25, 0.3) is 0 Å². The Kier molecular flexibility index (Phi) is 19.3. The van der Waals surface area contributed by atoms with E-state index in [2.05, 4.69) is 23.6 Å². The highest BCUT2D eigenvalue weighted by Gasteiger charge is 2.69. The number of fused-ring (bicyclic) bond motifs is 3. The average molecular weight is 1100 g/mol. The van der Waals surface area contributed by atoms with E-state index in [1.165, 1.54) is 7.11 Å². The fourth-order valence-electron chi connectivity index (χ4n) is 13.8. The second kappa shape index (κ2) is 24.5. The van der Waals surface area contributed by atoms with Gasteiger partial charge in [-0.15, -0.1) is 0 Å². The van der Waals surface area contributed by atoms with E-state index in [0.717, 1.165) is 24.0 Å². The number of hydrogen-bond acceptors (Lipinski definition) is 23. The normalized spacial score (nSPS) is 43.3. The molecule has 7 aliphatic rings. The Hall–Kier alpha value is -3.84. The number of carboxylic acid groups (broad SMARTS) is 1. The fourth-order valence-corrected chi connectivity index (χ4v) is 13.8. The fraction of sp³-hybridized carbons (Fsp3) is 0.769. The Morgan fingerprint density at radius 3 is 1.88 bits per heavy atom. The van der Waals surface area contributed by atoms with Crippen molar-refractivity contribution in [1.82, 2.24) is 5.32 Å². The molecule has 77 heavy (non-hydrogen) atoms. The third-order valence-corrected chi connectivity index (χ3v) is 17.8. The smallest absolute Gasteiger partial charge is 0.328 e. The first-order valence-corrected chi connectivity index (χ1v) is 26.2. The van der Waals surface area contributed by atoms with Crippen molar-refractivity contribution >= 4 is 23.8 Å². The Balaban J connectivity index is 0.000000345. The molecule has 0 aromatic heterocycles. The van der Waals surface area contributed by atoms with Crippen molar-refractivity contribution in [3.8, 4) is 0 Å². The first-order chi connectivity index (χ1) is 36.3. The standard InChI is InChI=1S/C38H60O18.C14H18N2O5/c1-16-11-37-9-5-20-35(2,7-4-8-36(20,3)34(50)55-32-29(49)26(46)23(43)18(13-40)52-32)21(37)6-10-38(16,15-37)56-33-30(27(47)24(44)19(14-41)53-33)54-31-28(48)25(45)22(42)17(12-39)51-31;1-21-14(20)11(7-9-5-3-2-4-6-9)16-13(19)10(15)8-12(17)18/h17-33,39-49H,1,4-15H2,2-3H3;2-6,10-11H,7-8,15H2,1H3,(H,16,19)(H,17,18)/t17-,18-,19-,20+,21+,22-,23-,24-,25+,26+,27+,28-,29-,30-,31+,32+,33+,35-,36-,37-,38+;10-,11-/m10/s1. The second-order valence-corrected chi connectivity index (χ2v) is 22.5. The molecule has 3 aliphatic heterocycles. The van der Waals surface area contributed by atoms with Crippen LogP contribution in [0.1, 0.15) is 83.6 Å². The molecule has 1 aromatic carbocycles. The summed E-state index contributed by atoms with van der Waals surface area (Å²) in [6.45, 7) is 6.52. The van der Waals surface area contributed by atoms with Crippen molar-refractivity contribution < 1.29 is 114 Å². The molecule has 25 heteroatoms. The molecule has 7 fully saturated rings. The molecular formula is C52H78N2O23. The largest absolute Gasteiger partial charge is 0.481 e. The number of aliphatic carboxylic acids is 1. The summed E-state index contributed by atoms with van der Waals surface area (Å²) in [5.74, 6) is -3.10. The van der Waals surface area contributed by atoms with Crippen LogP contribution in [-0.2, 0) is 58.8 Å². The number of esters is 2. The Morgan fingerprint density at radius 2 is 1.30 bits per heavy atom. The maximum Gasteiger partial charge on any atom is 0.328 e. The Bertz CT molecular complexity index is 2230. The van der Waals surface area contributed by atoms with Gasteiger partial charge in [0.2, 0.25) is 12.2 Å². The molecule has 23 atom stereocenters. The predicted molar refractivity (Wildman–Crippen MR) is 261 cm³/mol. The van der Waals surface area contributed by atoms with Crippen molar-refractivity contribution in [2.45, 2.75) is 194 Å². The third kappa shape index (κ3) is 12.0. The second-order valence-electron chi connectivity index (χ2n) is 22.5. The molecule has 25 nitrogen and oxygen atoms in total. The molecule has 3 saturated heterocycles. The van der Waals surface area contributed by atoms with Gasteiger partial charge in [-0.25, -0.2) is 4.79 Å². The highest BCUT2D eigenvalue weighted by atomic mass is 16.8. The molecule has 2 bridgehead atoms. The van der Waals surface area contributed by atoms with Gasteiger partial charge in [-0.3, -0.25) is 14.4 Å². The lowest BCUT2D eigenvalue weighted by Crippen LogP contribution is -2.65. The van der Waals surface area contributed by atoms with Crippen LogP contribution in [0.2, 0.25) is 0 Å². The molecule has 4 aliphatic carbocycles. The van der Waals surface area contributed by atoms with E-state index in [0.29, 0.717) is 44.9 Å². The van der Waals surface area contributed by atoms with Crippen LogP contribution in [0.3, 0.4) is 0 Å². The highest BCUT2D eigenvalue weighted by molar-refractivity contribution is 5.90. The van der Waals surface area contributed by atoms with E-state index in [-0.39, 0.29) is 29.1 Å². The summed E-state index contributed by atoms with van der Waals surface area (Å²) in [6.07, 6.45) is -18.1. The molecule has 15 N–H and O–H groups in total. The molecule has 8 rings (SSSR count). The summed E-state index contributed by atoms with van der Waals surface area (Å²) in [4.78, 5) is 48.1. The number of hydrogen-bond donors (Lipinski definition) is 14. The minimum atomic E-state index is -1.81.